The number of aromatic amines is 1. The molecule has 3 N–H and O–H groups in total. The lowest BCUT2D eigenvalue weighted by Gasteiger charge is -2.34. The van der Waals surface area contributed by atoms with E-state index in [9.17, 15) is 28.3 Å². The van der Waals surface area contributed by atoms with Gasteiger partial charge in [0.25, 0.3) is 5.56 Å². The van der Waals surface area contributed by atoms with Crippen LogP contribution in [0.1, 0.15) is 34.9 Å². The van der Waals surface area contributed by atoms with Gasteiger partial charge in [-0.1, -0.05) is 23.2 Å². The molecule has 2 heterocycles. The first-order valence-electron chi connectivity index (χ1n) is 9.03. The predicted octanol–water partition coefficient (Wildman–Crippen LogP) is 2.73. The van der Waals surface area contributed by atoms with Gasteiger partial charge < -0.3 is 14.9 Å². The van der Waals surface area contributed by atoms with Crippen LogP contribution in [0, 0.1) is 0 Å². The van der Waals surface area contributed by atoms with Gasteiger partial charge in [-0.3, -0.25) is 9.78 Å². The molecule has 3 aromatic rings. The van der Waals surface area contributed by atoms with Gasteiger partial charge in [0.05, 0.1) is 27.6 Å². The summed E-state index contributed by atoms with van der Waals surface area (Å²) in [4.78, 5) is 44.3. The van der Waals surface area contributed by atoms with Crippen molar-refractivity contribution in [2.24, 2.45) is 0 Å². The number of carbonyl (C=O) groups is 1. The van der Waals surface area contributed by atoms with E-state index < -0.39 is 47.6 Å². The topological polar surface area (TPSA) is 160 Å². The summed E-state index contributed by atoms with van der Waals surface area (Å²) < 4.78 is 32.4. The van der Waals surface area contributed by atoms with Crippen LogP contribution >= 0.6 is 23.2 Å². The van der Waals surface area contributed by atoms with E-state index in [-0.39, 0.29) is 38.9 Å². The number of ether oxygens (including phenoxy) is 1. The number of carboxylic acid groups (broad SMARTS) is 1. The van der Waals surface area contributed by atoms with Crippen LogP contribution in [0.4, 0.5) is 8.78 Å². The highest BCUT2D eigenvalue weighted by atomic mass is 35.5. The number of halogens is 4. The van der Waals surface area contributed by atoms with Crippen LogP contribution in [0.25, 0.3) is 5.69 Å². The van der Waals surface area contributed by atoms with Crippen molar-refractivity contribution in [2.75, 3.05) is 0 Å². The fourth-order valence-electron chi connectivity index (χ4n) is 3.15. The number of rotatable bonds is 5. The molecule has 0 radical (unpaired) electrons. The van der Waals surface area contributed by atoms with Crippen molar-refractivity contribution in [1.82, 2.24) is 24.7 Å². The Morgan fingerprint density at radius 3 is 2.45 bits per heavy atom. The second-order valence-corrected chi connectivity index (χ2v) is 7.86. The Hall–Kier alpha value is -3.58. The lowest BCUT2D eigenvalue weighted by Crippen LogP contribution is -2.35. The van der Waals surface area contributed by atoms with Gasteiger partial charge in [-0.25, -0.2) is 18.4 Å². The standard InChI is InChI=1S/C18H11Cl2F2N5O6/c19-8-1-7(27-17(32)25-14(29)12(26-27)15(30)31)2-9(20)13(8)33-16-23-5-10(28)11(24-16)6-3-18(21,22)4-6/h1-2,5-6,28H,3-4H2,(H,30,31)(H,25,29,32). The number of aromatic hydroxyl groups is 1. The summed E-state index contributed by atoms with van der Waals surface area (Å²) in [6.07, 6.45) is 0.0283. The third-order valence-corrected chi connectivity index (χ3v) is 5.27. The minimum atomic E-state index is -2.83. The van der Waals surface area contributed by atoms with E-state index in [1.54, 1.807) is 0 Å². The number of nitrogens with one attached hydrogen (secondary N) is 1. The van der Waals surface area contributed by atoms with E-state index in [0.29, 0.717) is 4.68 Å². The summed E-state index contributed by atoms with van der Waals surface area (Å²) in [5.41, 5.74) is -3.28. The van der Waals surface area contributed by atoms with Gasteiger partial charge in [0.15, 0.2) is 11.5 Å². The molecule has 0 aliphatic heterocycles. The number of alkyl halides is 2. The van der Waals surface area contributed by atoms with E-state index >= 15 is 0 Å². The maximum Gasteiger partial charge on any atom is 0.362 e. The molecule has 15 heteroatoms. The number of hydrogen-bond donors (Lipinski definition) is 3. The third kappa shape index (κ3) is 4.36. The highest BCUT2D eigenvalue weighted by Gasteiger charge is 2.47. The van der Waals surface area contributed by atoms with E-state index in [4.69, 9.17) is 33.0 Å². The van der Waals surface area contributed by atoms with Gasteiger partial charge >= 0.3 is 17.7 Å². The number of nitrogens with zero attached hydrogens (tertiary/aromatic N) is 4. The number of aromatic nitrogens is 5. The van der Waals surface area contributed by atoms with Gasteiger partial charge in [0, 0.05) is 18.8 Å². The molecule has 11 nitrogen and oxygen atoms in total. The first kappa shape index (κ1) is 22.6. The van der Waals surface area contributed by atoms with Crippen LogP contribution in [0.5, 0.6) is 17.5 Å². The third-order valence-electron chi connectivity index (χ3n) is 4.70. The molecule has 1 fully saturated rings. The molecular weight excluding hydrogens is 491 g/mol. The molecule has 1 aromatic carbocycles. The van der Waals surface area contributed by atoms with Gasteiger partial charge in [-0.15, -0.1) is 0 Å². The molecule has 0 bridgehead atoms. The number of benzene rings is 1. The van der Waals surface area contributed by atoms with Crippen molar-refractivity contribution in [3.63, 3.8) is 0 Å². The normalized spacial score (nSPS) is 15.2. The lowest BCUT2D eigenvalue weighted by molar-refractivity contribution is -0.0880. The average Bonchev–Trinajstić information content (AvgIpc) is 2.69. The van der Waals surface area contributed by atoms with Crippen LogP contribution in [-0.4, -0.2) is 46.8 Å². The fourth-order valence-corrected chi connectivity index (χ4v) is 3.70. The van der Waals surface area contributed by atoms with Crippen molar-refractivity contribution >= 4 is 29.2 Å². The van der Waals surface area contributed by atoms with E-state index in [1.165, 1.54) is 0 Å². The highest BCUT2D eigenvalue weighted by Crippen LogP contribution is 2.50. The Labute approximate surface area is 191 Å². The molecule has 33 heavy (non-hydrogen) atoms. The summed E-state index contributed by atoms with van der Waals surface area (Å²) in [7, 11) is 0. The molecule has 4 rings (SSSR count). The van der Waals surface area contributed by atoms with Gasteiger partial charge in [0.1, 0.15) is 0 Å². The molecular formula is C18H11Cl2F2N5O6. The minimum Gasteiger partial charge on any atom is -0.504 e. The summed E-state index contributed by atoms with van der Waals surface area (Å²) in [6.45, 7) is 0. The molecule has 1 aliphatic carbocycles. The van der Waals surface area contributed by atoms with Gasteiger partial charge in [-0.05, 0) is 12.1 Å². The fraction of sp³-hybridized carbons (Fsp3) is 0.222. The minimum absolute atomic E-state index is 0.0139. The molecule has 0 atom stereocenters. The maximum absolute atomic E-state index is 13.2. The number of H-pyrrole nitrogens is 1. The number of hydrogen-bond acceptors (Lipinski definition) is 8. The smallest absolute Gasteiger partial charge is 0.362 e. The van der Waals surface area contributed by atoms with Crippen LogP contribution in [-0.2, 0) is 0 Å². The first-order valence-corrected chi connectivity index (χ1v) is 9.79. The van der Waals surface area contributed by atoms with Crippen molar-refractivity contribution in [3.05, 3.63) is 60.6 Å². The van der Waals surface area contributed by atoms with Crippen molar-refractivity contribution in [3.8, 4) is 23.2 Å². The van der Waals surface area contributed by atoms with Crippen molar-refractivity contribution in [2.45, 2.75) is 24.7 Å². The summed E-state index contributed by atoms with van der Waals surface area (Å²) in [5, 5.41) is 22.1. The predicted molar refractivity (Wildman–Crippen MR) is 108 cm³/mol. The number of aromatic carboxylic acids is 1. The number of carboxylic acids is 1. The summed E-state index contributed by atoms with van der Waals surface area (Å²) in [5.74, 6) is -5.71. The molecule has 1 aliphatic rings. The quantitative estimate of drug-likeness (QED) is 0.477. The zero-order valence-corrected chi connectivity index (χ0v) is 17.6. The lowest BCUT2D eigenvalue weighted by atomic mass is 9.79. The Kier molecular flexibility index (Phi) is 5.54. The highest BCUT2D eigenvalue weighted by molar-refractivity contribution is 6.37. The van der Waals surface area contributed by atoms with Gasteiger partial charge in [-0.2, -0.15) is 19.7 Å². The molecule has 172 valence electrons. The summed E-state index contributed by atoms with van der Waals surface area (Å²) in [6, 6.07) is 1.96. The Morgan fingerprint density at radius 2 is 1.88 bits per heavy atom. The Bertz CT molecular complexity index is 1380. The molecule has 0 unspecified atom stereocenters. The molecule has 0 amide bonds. The Balaban J connectivity index is 1.67. The first-order chi connectivity index (χ1) is 15.4. The average molecular weight is 502 g/mol. The van der Waals surface area contributed by atoms with E-state index in [1.807, 2.05) is 4.98 Å². The van der Waals surface area contributed by atoms with Crippen molar-refractivity contribution < 1.29 is 28.5 Å². The second-order valence-electron chi connectivity index (χ2n) is 7.05. The molecule has 2 aromatic heterocycles. The SMILES string of the molecule is O=C(O)c1nn(-c2cc(Cl)c(Oc3ncc(O)c(C4CC(F)(F)C4)n3)c(Cl)c2)c(=O)[nH]c1=O. The molecule has 0 spiro atoms. The van der Waals surface area contributed by atoms with E-state index in [0.717, 1.165) is 18.3 Å². The van der Waals surface area contributed by atoms with Crippen LogP contribution in [0.2, 0.25) is 10.0 Å². The largest absolute Gasteiger partial charge is 0.504 e. The van der Waals surface area contributed by atoms with Crippen molar-refractivity contribution in [1.29, 1.82) is 0 Å². The molecule has 0 saturated heterocycles. The zero-order valence-electron chi connectivity index (χ0n) is 16.1. The van der Waals surface area contributed by atoms with Gasteiger partial charge in [0.2, 0.25) is 11.6 Å². The summed E-state index contributed by atoms with van der Waals surface area (Å²) >= 11 is 12.4. The van der Waals surface area contributed by atoms with Crippen LogP contribution < -0.4 is 16.0 Å². The Morgan fingerprint density at radius 1 is 1.24 bits per heavy atom. The van der Waals surface area contributed by atoms with E-state index in [2.05, 4.69) is 15.1 Å². The molecule has 1 saturated carbocycles. The monoisotopic (exact) mass is 501 g/mol. The van der Waals surface area contributed by atoms with Crippen LogP contribution in [0.3, 0.4) is 0 Å². The zero-order chi connectivity index (χ0) is 24.1. The van der Waals surface area contributed by atoms with Crippen LogP contribution in [0.15, 0.2) is 27.9 Å². The maximum atomic E-state index is 13.2. The second kappa shape index (κ2) is 8.08.